The van der Waals surface area contributed by atoms with E-state index >= 15 is 0 Å². The molecular formula is C16H26ClFN2. The van der Waals surface area contributed by atoms with Crippen molar-refractivity contribution >= 4 is 11.6 Å². The van der Waals surface area contributed by atoms with Crippen molar-refractivity contribution in [2.75, 3.05) is 20.1 Å². The van der Waals surface area contributed by atoms with Gasteiger partial charge in [0.15, 0.2) is 0 Å². The average Bonchev–Trinajstić information content (AvgIpc) is 2.41. The topological polar surface area (TPSA) is 15.3 Å². The van der Waals surface area contributed by atoms with Gasteiger partial charge < -0.3 is 5.32 Å². The molecule has 0 amide bonds. The zero-order valence-electron chi connectivity index (χ0n) is 13.1. The second kappa shape index (κ2) is 7.39. The van der Waals surface area contributed by atoms with Crippen molar-refractivity contribution in [3.8, 4) is 0 Å². The first-order valence-electron chi connectivity index (χ1n) is 7.23. The SMILES string of the molecule is CCN(CC)C(C)(C)C(Cc1cccc(F)c1Cl)NC. The molecule has 20 heavy (non-hydrogen) atoms. The second-order valence-electron chi connectivity index (χ2n) is 5.58. The largest absolute Gasteiger partial charge is 0.315 e. The summed E-state index contributed by atoms with van der Waals surface area (Å²) >= 11 is 6.08. The van der Waals surface area contributed by atoms with Crippen LogP contribution in [-0.4, -0.2) is 36.6 Å². The van der Waals surface area contributed by atoms with E-state index in [1.165, 1.54) is 6.07 Å². The van der Waals surface area contributed by atoms with Gasteiger partial charge in [0, 0.05) is 11.6 Å². The monoisotopic (exact) mass is 300 g/mol. The Bertz CT molecular complexity index is 430. The molecule has 0 aromatic heterocycles. The molecule has 0 aliphatic rings. The molecule has 114 valence electrons. The highest BCUT2D eigenvalue weighted by Crippen LogP contribution is 2.26. The fourth-order valence-corrected chi connectivity index (χ4v) is 3.09. The third-order valence-electron chi connectivity index (χ3n) is 4.24. The fourth-order valence-electron chi connectivity index (χ4n) is 2.89. The molecule has 1 atom stereocenters. The van der Waals surface area contributed by atoms with E-state index in [1.54, 1.807) is 6.07 Å². The smallest absolute Gasteiger partial charge is 0.142 e. The van der Waals surface area contributed by atoms with Crippen LogP contribution in [0.3, 0.4) is 0 Å². The number of likely N-dealkylation sites (N-methyl/N-ethyl adjacent to an activating group) is 2. The lowest BCUT2D eigenvalue weighted by Gasteiger charge is -2.43. The van der Waals surface area contributed by atoms with E-state index in [-0.39, 0.29) is 22.4 Å². The number of hydrogen-bond acceptors (Lipinski definition) is 2. The third-order valence-corrected chi connectivity index (χ3v) is 4.66. The lowest BCUT2D eigenvalue weighted by atomic mass is 9.87. The van der Waals surface area contributed by atoms with Crippen LogP contribution in [-0.2, 0) is 6.42 Å². The molecule has 0 spiro atoms. The summed E-state index contributed by atoms with van der Waals surface area (Å²) in [5.41, 5.74) is 0.819. The van der Waals surface area contributed by atoms with Crippen LogP contribution in [0.25, 0.3) is 0 Å². The predicted molar refractivity (Wildman–Crippen MR) is 85.0 cm³/mol. The number of nitrogens with one attached hydrogen (secondary N) is 1. The summed E-state index contributed by atoms with van der Waals surface area (Å²) in [4.78, 5) is 2.40. The minimum atomic E-state index is -0.348. The maximum atomic E-state index is 13.6. The Balaban J connectivity index is 2.99. The number of nitrogens with zero attached hydrogens (tertiary/aromatic N) is 1. The van der Waals surface area contributed by atoms with Gasteiger partial charge in [-0.05, 0) is 52.0 Å². The molecule has 1 unspecified atom stereocenters. The normalized spacial score (nSPS) is 13.8. The first-order chi connectivity index (χ1) is 9.38. The van der Waals surface area contributed by atoms with E-state index in [4.69, 9.17) is 11.6 Å². The molecule has 1 N–H and O–H groups in total. The summed E-state index contributed by atoms with van der Waals surface area (Å²) < 4.78 is 13.6. The van der Waals surface area contributed by atoms with E-state index in [1.807, 2.05) is 13.1 Å². The van der Waals surface area contributed by atoms with Gasteiger partial charge in [0.1, 0.15) is 5.82 Å². The summed E-state index contributed by atoms with van der Waals surface area (Å²) in [6, 6.07) is 5.21. The van der Waals surface area contributed by atoms with Gasteiger partial charge in [-0.15, -0.1) is 0 Å². The van der Waals surface area contributed by atoms with Crippen LogP contribution < -0.4 is 5.32 Å². The summed E-state index contributed by atoms with van der Waals surface area (Å²) in [5.74, 6) is -0.348. The molecule has 2 nitrogen and oxygen atoms in total. The van der Waals surface area contributed by atoms with Crippen LogP contribution >= 0.6 is 11.6 Å². The minimum Gasteiger partial charge on any atom is -0.315 e. The van der Waals surface area contributed by atoms with Gasteiger partial charge >= 0.3 is 0 Å². The van der Waals surface area contributed by atoms with Crippen LogP contribution in [0.4, 0.5) is 4.39 Å². The second-order valence-corrected chi connectivity index (χ2v) is 5.96. The predicted octanol–water partition coefficient (Wildman–Crippen LogP) is 3.73. The maximum absolute atomic E-state index is 13.6. The fraction of sp³-hybridized carbons (Fsp3) is 0.625. The van der Waals surface area contributed by atoms with Gasteiger partial charge in [-0.2, -0.15) is 0 Å². The van der Waals surface area contributed by atoms with Gasteiger partial charge in [0.2, 0.25) is 0 Å². The van der Waals surface area contributed by atoms with Crippen LogP contribution in [0.1, 0.15) is 33.3 Å². The van der Waals surface area contributed by atoms with Crippen LogP contribution in [0.15, 0.2) is 18.2 Å². The van der Waals surface area contributed by atoms with Crippen molar-refractivity contribution in [1.82, 2.24) is 10.2 Å². The first-order valence-corrected chi connectivity index (χ1v) is 7.61. The molecule has 0 saturated heterocycles. The molecule has 0 saturated carbocycles. The van der Waals surface area contributed by atoms with Crippen molar-refractivity contribution in [2.24, 2.45) is 0 Å². The van der Waals surface area contributed by atoms with Crippen molar-refractivity contribution in [2.45, 2.75) is 45.7 Å². The third kappa shape index (κ3) is 3.72. The number of rotatable bonds is 7. The van der Waals surface area contributed by atoms with Gasteiger partial charge in [0.25, 0.3) is 0 Å². The van der Waals surface area contributed by atoms with Gasteiger partial charge in [-0.3, -0.25) is 4.90 Å². The zero-order valence-corrected chi connectivity index (χ0v) is 13.9. The van der Waals surface area contributed by atoms with E-state index in [0.717, 1.165) is 18.7 Å². The molecule has 1 aromatic carbocycles. The Morgan fingerprint density at radius 1 is 1.30 bits per heavy atom. The lowest BCUT2D eigenvalue weighted by Crippen LogP contribution is -2.57. The summed E-state index contributed by atoms with van der Waals surface area (Å²) in [5, 5.41) is 3.60. The molecule has 0 fully saturated rings. The van der Waals surface area contributed by atoms with Gasteiger partial charge in [-0.25, -0.2) is 4.39 Å². The lowest BCUT2D eigenvalue weighted by molar-refractivity contribution is 0.0943. The molecule has 1 aromatic rings. The molecule has 0 aliphatic carbocycles. The van der Waals surface area contributed by atoms with E-state index in [2.05, 4.69) is 37.9 Å². The molecular weight excluding hydrogens is 275 g/mol. The van der Waals surface area contributed by atoms with E-state index in [9.17, 15) is 4.39 Å². The minimum absolute atomic E-state index is 0.0338. The molecule has 0 bridgehead atoms. The number of hydrogen-bond donors (Lipinski definition) is 1. The zero-order chi connectivity index (χ0) is 15.3. The standard InChI is InChI=1S/C16H26ClFN2/c1-6-20(7-2)16(3,4)14(19-5)11-12-9-8-10-13(18)15(12)17/h8-10,14,19H,6-7,11H2,1-5H3. The van der Waals surface area contributed by atoms with Crippen molar-refractivity contribution in [3.05, 3.63) is 34.6 Å². The van der Waals surface area contributed by atoms with E-state index in [0.29, 0.717) is 6.42 Å². The van der Waals surface area contributed by atoms with Crippen LogP contribution in [0.5, 0.6) is 0 Å². The highest BCUT2D eigenvalue weighted by atomic mass is 35.5. The highest BCUT2D eigenvalue weighted by Gasteiger charge is 2.33. The van der Waals surface area contributed by atoms with Crippen molar-refractivity contribution in [3.63, 3.8) is 0 Å². The van der Waals surface area contributed by atoms with Crippen molar-refractivity contribution in [1.29, 1.82) is 0 Å². The summed E-state index contributed by atoms with van der Waals surface area (Å²) in [7, 11) is 1.95. The van der Waals surface area contributed by atoms with Crippen LogP contribution in [0.2, 0.25) is 5.02 Å². The molecule has 0 aliphatic heterocycles. The van der Waals surface area contributed by atoms with Crippen LogP contribution in [0, 0.1) is 5.82 Å². The van der Waals surface area contributed by atoms with E-state index < -0.39 is 0 Å². The Morgan fingerprint density at radius 2 is 1.90 bits per heavy atom. The molecule has 0 radical (unpaired) electrons. The molecule has 0 heterocycles. The Morgan fingerprint density at radius 3 is 2.40 bits per heavy atom. The Hall–Kier alpha value is -0.640. The van der Waals surface area contributed by atoms with Gasteiger partial charge in [0.05, 0.1) is 5.02 Å². The summed E-state index contributed by atoms with van der Waals surface area (Å²) in [6.45, 7) is 10.7. The highest BCUT2D eigenvalue weighted by molar-refractivity contribution is 6.31. The Labute approximate surface area is 127 Å². The molecule has 1 rings (SSSR count). The number of halogens is 2. The molecule has 4 heteroatoms. The average molecular weight is 301 g/mol. The number of benzene rings is 1. The maximum Gasteiger partial charge on any atom is 0.142 e. The van der Waals surface area contributed by atoms with Gasteiger partial charge in [-0.1, -0.05) is 37.6 Å². The van der Waals surface area contributed by atoms with Crippen molar-refractivity contribution < 1.29 is 4.39 Å². The summed E-state index contributed by atoms with van der Waals surface area (Å²) in [6.07, 6.45) is 0.705. The quantitative estimate of drug-likeness (QED) is 0.825. The Kier molecular flexibility index (Phi) is 6.44. The first kappa shape index (κ1) is 17.4.